The Hall–Kier alpha value is -3.11. The monoisotopic (exact) mass is 427 g/mol. The molecular formula is C20H18BrN3O3. The lowest BCUT2D eigenvalue weighted by Crippen LogP contribution is -2.27. The van der Waals surface area contributed by atoms with Crippen LogP contribution in [0.1, 0.15) is 24.1 Å². The summed E-state index contributed by atoms with van der Waals surface area (Å²) in [6.07, 6.45) is 1.48. The third kappa shape index (κ3) is 5.97. The van der Waals surface area contributed by atoms with E-state index < -0.39 is 11.8 Å². The number of benzene rings is 2. The van der Waals surface area contributed by atoms with Gasteiger partial charge in [-0.15, -0.1) is 0 Å². The molecule has 138 valence electrons. The molecule has 1 atom stereocenters. The Morgan fingerprint density at radius 3 is 2.59 bits per heavy atom. The van der Waals surface area contributed by atoms with Crippen molar-refractivity contribution in [2.75, 3.05) is 6.61 Å². The predicted molar refractivity (Wildman–Crippen MR) is 105 cm³/mol. The molecular weight excluding hydrogens is 410 g/mol. The third-order valence-electron chi connectivity index (χ3n) is 3.65. The fourth-order valence-corrected chi connectivity index (χ4v) is 2.80. The van der Waals surface area contributed by atoms with Crippen LogP contribution in [0.3, 0.4) is 0 Å². The fourth-order valence-electron chi connectivity index (χ4n) is 2.29. The lowest BCUT2D eigenvalue weighted by molar-refractivity contribution is -0.120. The van der Waals surface area contributed by atoms with Gasteiger partial charge in [0.15, 0.2) is 6.61 Å². The highest BCUT2D eigenvalue weighted by Gasteiger charge is 2.14. The van der Waals surface area contributed by atoms with Crippen molar-refractivity contribution in [3.05, 3.63) is 69.7 Å². The van der Waals surface area contributed by atoms with Crippen LogP contribution in [0, 0.1) is 11.3 Å². The van der Waals surface area contributed by atoms with E-state index in [0.717, 1.165) is 5.56 Å². The average molecular weight is 428 g/mol. The van der Waals surface area contributed by atoms with Gasteiger partial charge in [0.05, 0.1) is 10.5 Å². The summed E-state index contributed by atoms with van der Waals surface area (Å²) >= 11 is 3.33. The van der Waals surface area contributed by atoms with Gasteiger partial charge in [-0.3, -0.25) is 9.59 Å². The van der Waals surface area contributed by atoms with Gasteiger partial charge in [-0.05, 0) is 52.2 Å². The van der Waals surface area contributed by atoms with Crippen molar-refractivity contribution < 1.29 is 14.3 Å². The van der Waals surface area contributed by atoms with Crippen LogP contribution in [0.4, 0.5) is 0 Å². The number of amides is 2. The normalized spacial score (nSPS) is 12.0. The number of nitriles is 1. The van der Waals surface area contributed by atoms with Crippen LogP contribution >= 0.6 is 15.9 Å². The molecule has 0 bridgehead atoms. The predicted octanol–water partition coefficient (Wildman–Crippen LogP) is 3.10. The van der Waals surface area contributed by atoms with Crippen molar-refractivity contribution in [3.63, 3.8) is 0 Å². The molecule has 0 spiro atoms. The van der Waals surface area contributed by atoms with Crippen molar-refractivity contribution in [2.24, 2.45) is 5.73 Å². The molecule has 7 heteroatoms. The highest BCUT2D eigenvalue weighted by Crippen LogP contribution is 2.27. The first-order chi connectivity index (χ1) is 12.9. The van der Waals surface area contributed by atoms with E-state index in [9.17, 15) is 14.9 Å². The number of primary amides is 1. The number of nitrogens with one attached hydrogen (secondary N) is 1. The Kier molecular flexibility index (Phi) is 7.15. The molecule has 0 saturated carbocycles. The van der Waals surface area contributed by atoms with E-state index in [0.29, 0.717) is 15.8 Å². The zero-order chi connectivity index (χ0) is 19.8. The van der Waals surface area contributed by atoms with Gasteiger partial charge in [0.25, 0.3) is 11.8 Å². The Morgan fingerprint density at radius 1 is 1.30 bits per heavy atom. The number of carbonyl (C=O) groups is 2. The second kappa shape index (κ2) is 9.55. The number of halogens is 1. The first-order valence-corrected chi connectivity index (χ1v) is 8.88. The minimum absolute atomic E-state index is 0.0181. The number of nitrogens with two attached hydrogens (primary N) is 1. The van der Waals surface area contributed by atoms with Crippen molar-refractivity contribution in [3.8, 4) is 11.8 Å². The summed E-state index contributed by atoms with van der Waals surface area (Å²) in [5, 5.41) is 12.2. The van der Waals surface area contributed by atoms with Gasteiger partial charge < -0.3 is 15.8 Å². The maximum absolute atomic E-state index is 12.4. The Bertz CT molecular complexity index is 904. The van der Waals surface area contributed by atoms with Gasteiger partial charge in [0.2, 0.25) is 0 Å². The molecule has 2 aromatic carbocycles. The smallest absolute Gasteiger partial charge is 0.262 e. The first kappa shape index (κ1) is 20.2. The lowest BCUT2D eigenvalue weighted by Gasteiger charge is -2.13. The van der Waals surface area contributed by atoms with Crippen molar-refractivity contribution in [1.29, 1.82) is 5.26 Å². The molecule has 2 rings (SSSR count). The van der Waals surface area contributed by atoms with E-state index in [1.807, 2.05) is 43.3 Å². The van der Waals surface area contributed by atoms with E-state index in [2.05, 4.69) is 21.2 Å². The molecule has 27 heavy (non-hydrogen) atoms. The molecule has 0 aliphatic rings. The van der Waals surface area contributed by atoms with Crippen molar-refractivity contribution in [1.82, 2.24) is 5.32 Å². The average Bonchev–Trinajstić information content (AvgIpc) is 2.65. The van der Waals surface area contributed by atoms with E-state index in [1.54, 1.807) is 18.2 Å². The second-order valence-electron chi connectivity index (χ2n) is 5.72. The summed E-state index contributed by atoms with van der Waals surface area (Å²) < 4.78 is 5.82. The number of carbonyl (C=O) groups excluding carboxylic acids is 2. The number of ether oxygens (including phenoxy) is 1. The minimum Gasteiger partial charge on any atom is -0.483 e. The summed E-state index contributed by atoms with van der Waals surface area (Å²) in [6, 6.07) is 16.2. The zero-order valence-corrected chi connectivity index (χ0v) is 16.2. The molecule has 0 fully saturated rings. The molecule has 0 aliphatic carbocycles. The molecule has 0 heterocycles. The van der Waals surface area contributed by atoms with Gasteiger partial charge in [0, 0.05) is 0 Å². The zero-order valence-electron chi connectivity index (χ0n) is 14.6. The molecule has 1 unspecified atom stereocenters. The molecule has 3 N–H and O–H groups in total. The van der Waals surface area contributed by atoms with Crippen LogP contribution in [0.2, 0.25) is 0 Å². The largest absolute Gasteiger partial charge is 0.483 e. The van der Waals surface area contributed by atoms with E-state index in [4.69, 9.17) is 10.5 Å². The standard InChI is InChI=1S/C20H18BrN3O3/c1-13(15-5-3-2-4-6-15)24-20(26)16(11-22)9-14-7-8-18(17(21)10-14)27-12-19(23)25/h2-10,13H,12H2,1H3,(H2,23,25)(H,24,26)/b16-9+. The summed E-state index contributed by atoms with van der Waals surface area (Å²) in [5.74, 6) is -0.604. The number of nitrogens with zero attached hydrogens (tertiary/aromatic N) is 1. The Labute approximate surface area is 165 Å². The summed E-state index contributed by atoms with van der Waals surface area (Å²) in [5.41, 5.74) is 6.61. The maximum atomic E-state index is 12.4. The molecule has 2 aromatic rings. The number of hydrogen-bond acceptors (Lipinski definition) is 4. The van der Waals surface area contributed by atoms with Gasteiger partial charge in [-0.25, -0.2) is 0 Å². The van der Waals surface area contributed by atoms with Crippen LogP contribution in [-0.4, -0.2) is 18.4 Å². The van der Waals surface area contributed by atoms with Gasteiger partial charge in [0.1, 0.15) is 17.4 Å². The van der Waals surface area contributed by atoms with Crippen molar-refractivity contribution in [2.45, 2.75) is 13.0 Å². The first-order valence-electron chi connectivity index (χ1n) is 8.09. The molecule has 0 aromatic heterocycles. The van der Waals surface area contributed by atoms with Crippen LogP contribution < -0.4 is 15.8 Å². The summed E-state index contributed by atoms with van der Waals surface area (Å²) in [7, 11) is 0. The van der Waals surface area contributed by atoms with Crippen LogP contribution in [0.25, 0.3) is 6.08 Å². The minimum atomic E-state index is -0.582. The van der Waals surface area contributed by atoms with Crippen LogP contribution in [-0.2, 0) is 9.59 Å². The summed E-state index contributed by atoms with van der Waals surface area (Å²) in [4.78, 5) is 23.2. The third-order valence-corrected chi connectivity index (χ3v) is 4.27. The topological polar surface area (TPSA) is 105 Å². The second-order valence-corrected chi connectivity index (χ2v) is 6.57. The molecule has 6 nitrogen and oxygen atoms in total. The highest BCUT2D eigenvalue weighted by molar-refractivity contribution is 9.10. The molecule has 2 amide bonds. The molecule has 0 radical (unpaired) electrons. The van der Waals surface area contributed by atoms with E-state index >= 15 is 0 Å². The molecule has 0 saturated heterocycles. The fraction of sp³-hybridized carbons (Fsp3) is 0.150. The van der Waals surface area contributed by atoms with Crippen LogP contribution in [0.5, 0.6) is 5.75 Å². The van der Waals surface area contributed by atoms with Crippen molar-refractivity contribution >= 4 is 33.8 Å². The quantitative estimate of drug-likeness (QED) is 0.522. The number of hydrogen-bond donors (Lipinski definition) is 2. The van der Waals surface area contributed by atoms with Crippen LogP contribution in [0.15, 0.2) is 58.6 Å². The summed E-state index contributed by atoms with van der Waals surface area (Å²) in [6.45, 7) is 1.61. The van der Waals surface area contributed by atoms with Gasteiger partial charge in [-0.1, -0.05) is 36.4 Å². The van der Waals surface area contributed by atoms with Gasteiger partial charge >= 0.3 is 0 Å². The van der Waals surface area contributed by atoms with Gasteiger partial charge in [-0.2, -0.15) is 5.26 Å². The Morgan fingerprint density at radius 2 is 2.00 bits per heavy atom. The number of rotatable bonds is 7. The maximum Gasteiger partial charge on any atom is 0.262 e. The molecule has 0 aliphatic heterocycles. The lowest BCUT2D eigenvalue weighted by atomic mass is 10.1. The highest BCUT2D eigenvalue weighted by atomic mass is 79.9. The van der Waals surface area contributed by atoms with E-state index in [1.165, 1.54) is 6.08 Å². The Balaban J connectivity index is 2.13. The SMILES string of the molecule is CC(NC(=O)/C(C#N)=C/c1ccc(OCC(N)=O)c(Br)c1)c1ccccc1. The van der Waals surface area contributed by atoms with E-state index in [-0.39, 0.29) is 18.2 Å².